The minimum absolute atomic E-state index is 0.0872. The molecule has 0 aliphatic carbocycles. The molecular weight excluding hydrogens is 573 g/mol. The number of carbonyl (C=O) groups is 3. The molecule has 0 spiro atoms. The number of ether oxygens (including phenoxy) is 3. The molecule has 1 saturated heterocycles. The fourth-order valence-electron chi connectivity index (χ4n) is 4.90. The Balaban J connectivity index is 1.37. The van der Waals surface area contributed by atoms with Gasteiger partial charge in [0.15, 0.2) is 0 Å². The summed E-state index contributed by atoms with van der Waals surface area (Å²) < 4.78 is 31.9. The lowest BCUT2D eigenvalue weighted by atomic mass is 9.97. The van der Waals surface area contributed by atoms with E-state index in [1.54, 1.807) is 27.7 Å². The van der Waals surface area contributed by atoms with Gasteiger partial charge in [-0.1, -0.05) is 11.6 Å². The maximum absolute atomic E-state index is 15.5. The zero-order chi connectivity index (χ0) is 30.3. The minimum Gasteiger partial charge on any atom is -0.474 e. The lowest BCUT2D eigenvalue weighted by molar-refractivity contribution is 0.0263. The van der Waals surface area contributed by atoms with Gasteiger partial charge in [0.05, 0.1) is 18.1 Å². The summed E-state index contributed by atoms with van der Waals surface area (Å²) in [5.74, 6) is -0.456. The summed E-state index contributed by atoms with van der Waals surface area (Å²) in [5.41, 5.74) is 0.462. The van der Waals surface area contributed by atoms with Gasteiger partial charge in [0.25, 0.3) is 0 Å². The van der Waals surface area contributed by atoms with E-state index in [0.717, 1.165) is 4.90 Å². The zero-order valence-corrected chi connectivity index (χ0v) is 24.1. The van der Waals surface area contributed by atoms with Crippen molar-refractivity contribution in [2.45, 2.75) is 45.8 Å². The van der Waals surface area contributed by atoms with E-state index in [2.05, 4.69) is 15.3 Å². The van der Waals surface area contributed by atoms with Gasteiger partial charge in [-0.25, -0.2) is 28.7 Å². The molecule has 3 aromatic rings. The van der Waals surface area contributed by atoms with E-state index in [9.17, 15) is 19.5 Å². The summed E-state index contributed by atoms with van der Waals surface area (Å²) in [4.78, 5) is 47.7. The Kier molecular flexibility index (Phi) is 7.71. The molecule has 2 aromatic heterocycles. The summed E-state index contributed by atoms with van der Waals surface area (Å²) in [6.45, 7) is 7.82. The molecule has 3 amide bonds. The number of nitrogens with zero attached hydrogens (tertiary/aromatic N) is 4. The van der Waals surface area contributed by atoms with Crippen molar-refractivity contribution < 1.29 is 38.1 Å². The highest BCUT2D eigenvalue weighted by atomic mass is 35.5. The van der Waals surface area contributed by atoms with Crippen molar-refractivity contribution in [2.75, 3.05) is 36.5 Å². The lowest BCUT2D eigenvalue weighted by Crippen LogP contribution is -2.37. The van der Waals surface area contributed by atoms with E-state index in [1.165, 1.54) is 29.4 Å². The standard InChI is InChI=1S/C28H29ClFN5O7/c1-14-18(11-32-24-23(14)35(26(37)38)7-8-40-24)17-9-15-10-20(31-12-19(15)21(29)22(17)30)33-25(36)41-16-5-6-34(13-16)27(39)42-28(2,3)4/h9-12,16H,5-8,13H2,1-4H3,(H,37,38)(H,31,33,36). The number of hydrogen-bond donors (Lipinski definition) is 2. The van der Waals surface area contributed by atoms with Crippen molar-refractivity contribution in [3.05, 3.63) is 40.9 Å². The van der Waals surface area contributed by atoms with Gasteiger partial charge in [0, 0.05) is 41.9 Å². The average molecular weight is 602 g/mol. The number of pyridine rings is 2. The first-order valence-corrected chi connectivity index (χ1v) is 13.6. The van der Waals surface area contributed by atoms with Gasteiger partial charge in [-0.05, 0) is 50.8 Å². The van der Waals surface area contributed by atoms with E-state index in [-0.39, 0.29) is 47.7 Å². The number of carbonyl (C=O) groups excluding carboxylic acids is 2. The van der Waals surface area contributed by atoms with Gasteiger partial charge in [-0.3, -0.25) is 10.2 Å². The predicted molar refractivity (Wildman–Crippen MR) is 152 cm³/mol. The molecule has 14 heteroatoms. The van der Waals surface area contributed by atoms with Crippen LogP contribution in [-0.4, -0.2) is 76.2 Å². The van der Waals surface area contributed by atoms with Gasteiger partial charge in [0.1, 0.15) is 35.6 Å². The molecule has 2 aliphatic rings. The molecule has 12 nitrogen and oxygen atoms in total. The molecule has 1 fully saturated rings. The number of amides is 3. The van der Waals surface area contributed by atoms with E-state index in [0.29, 0.717) is 34.9 Å². The van der Waals surface area contributed by atoms with E-state index in [1.807, 2.05) is 0 Å². The molecule has 0 saturated carbocycles. The molecular formula is C28H29ClFN5O7. The zero-order valence-electron chi connectivity index (χ0n) is 23.4. The molecule has 5 rings (SSSR count). The summed E-state index contributed by atoms with van der Waals surface area (Å²) in [6.07, 6.45) is 0.240. The molecule has 4 heterocycles. The molecule has 2 aliphatic heterocycles. The number of nitrogens with one attached hydrogen (secondary N) is 1. The second kappa shape index (κ2) is 11.1. The Bertz CT molecular complexity index is 1600. The first-order valence-electron chi connectivity index (χ1n) is 13.2. The van der Waals surface area contributed by atoms with Crippen molar-refractivity contribution in [1.29, 1.82) is 0 Å². The van der Waals surface area contributed by atoms with E-state index in [4.69, 9.17) is 25.8 Å². The SMILES string of the molecule is Cc1c(-c2cc3cc(NC(=O)OC4CCN(C(=O)OC(C)(C)C)C4)ncc3c(Cl)c2F)cnc2c1N(C(=O)O)CCO2. The molecule has 2 N–H and O–H groups in total. The monoisotopic (exact) mass is 601 g/mol. The van der Waals surface area contributed by atoms with Crippen molar-refractivity contribution in [3.8, 4) is 17.0 Å². The number of benzene rings is 1. The van der Waals surface area contributed by atoms with Crippen LogP contribution in [0.1, 0.15) is 32.8 Å². The van der Waals surface area contributed by atoms with Crippen LogP contribution >= 0.6 is 11.6 Å². The van der Waals surface area contributed by atoms with Gasteiger partial charge >= 0.3 is 18.3 Å². The second-order valence-corrected chi connectivity index (χ2v) is 11.3. The fraction of sp³-hybridized carbons (Fsp3) is 0.393. The summed E-state index contributed by atoms with van der Waals surface area (Å²) in [6, 6.07) is 3.04. The van der Waals surface area contributed by atoms with Crippen LogP contribution < -0.4 is 15.0 Å². The highest BCUT2D eigenvalue weighted by Crippen LogP contribution is 2.42. The highest BCUT2D eigenvalue weighted by Gasteiger charge is 2.32. The Morgan fingerprint density at radius 1 is 1.17 bits per heavy atom. The summed E-state index contributed by atoms with van der Waals surface area (Å²) >= 11 is 6.39. The third-order valence-electron chi connectivity index (χ3n) is 6.82. The van der Waals surface area contributed by atoms with Gasteiger partial charge in [0.2, 0.25) is 5.88 Å². The fourth-order valence-corrected chi connectivity index (χ4v) is 5.16. The number of carboxylic acid groups (broad SMARTS) is 1. The van der Waals surface area contributed by atoms with Crippen LogP contribution in [0.2, 0.25) is 5.02 Å². The molecule has 1 aromatic carbocycles. The van der Waals surface area contributed by atoms with Crippen LogP contribution in [0.3, 0.4) is 0 Å². The van der Waals surface area contributed by atoms with Crippen molar-refractivity contribution in [3.63, 3.8) is 0 Å². The predicted octanol–water partition coefficient (Wildman–Crippen LogP) is 5.83. The Hall–Kier alpha value is -4.39. The van der Waals surface area contributed by atoms with Gasteiger partial charge in [-0.2, -0.15) is 0 Å². The number of aromatic nitrogens is 2. The first-order chi connectivity index (χ1) is 19.8. The Labute approximate surface area is 245 Å². The number of rotatable bonds is 3. The molecule has 222 valence electrons. The van der Waals surface area contributed by atoms with Crippen LogP contribution in [0.25, 0.3) is 21.9 Å². The van der Waals surface area contributed by atoms with Crippen LogP contribution in [0.4, 0.5) is 30.3 Å². The summed E-state index contributed by atoms with van der Waals surface area (Å²) in [7, 11) is 0. The smallest absolute Gasteiger partial charge is 0.413 e. The topological polar surface area (TPSA) is 143 Å². The highest BCUT2D eigenvalue weighted by molar-refractivity contribution is 6.36. The maximum Gasteiger partial charge on any atom is 0.413 e. The van der Waals surface area contributed by atoms with Crippen LogP contribution in [-0.2, 0) is 9.47 Å². The van der Waals surface area contributed by atoms with Crippen LogP contribution in [0.15, 0.2) is 24.5 Å². The number of fused-ring (bicyclic) bond motifs is 2. The van der Waals surface area contributed by atoms with Crippen LogP contribution in [0.5, 0.6) is 5.88 Å². The molecule has 1 unspecified atom stereocenters. The van der Waals surface area contributed by atoms with Gasteiger partial charge in [-0.15, -0.1) is 0 Å². The maximum atomic E-state index is 15.5. The van der Waals surface area contributed by atoms with Crippen LogP contribution in [0, 0.1) is 12.7 Å². The molecule has 42 heavy (non-hydrogen) atoms. The van der Waals surface area contributed by atoms with Gasteiger partial charge < -0.3 is 24.2 Å². The quantitative estimate of drug-likeness (QED) is 0.379. The van der Waals surface area contributed by atoms with Crippen molar-refractivity contribution >= 4 is 52.2 Å². The number of anilines is 2. The largest absolute Gasteiger partial charge is 0.474 e. The normalized spacial score (nSPS) is 16.6. The third-order valence-corrected chi connectivity index (χ3v) is 7.19. The third kappa shape index (κ3) is 5.82. The molecule has 1 atom stereocenters. The molecule has 0 bridgehead atoms. The second-order valence-electron chi connectivity index (χ2n) is 10.9. The van der Waals surface area contributed by atoms with E-state index >= 15 is 4.39 Å². The lowest BCUT2D eigenvalue weighted by Gasteiger charge is -2.28. The number of halogens is 2. The van der Waals surface area contributed by atoms with Crippen molar-refractivity contribution in [2.24, 2.45) is 0 Å². The average Bonchev–Trinajstić information content (AvgIpc) is 3.38. The molecule has 0 radical (unpaired) electrons. The number of likely N-dealkylation sites (tertiary alicyclic amines) is 1. The Morgan fingerprint density at radius 2 is 1.93 bits per heavy atom. The first kappa shape index (κ1) is 29.1. The van der Waals surface area contributed by atoms with Crippen molar-refractivity contribution in [1.82, 2.24) is 14.9 Å². The summed E-state index contributed by atoms with van der Waals surface area (Å²) in [5, 5.41) is 12.8. The Morgan fingerprint density at radius 3 is 2.64 bits per heavy atom. The van der Waals surface area contributed by atoms with E-state index < -0.39 is 35.8 Å². The minimum atomic E-state index is -1.18. The number of hydrogen-bond acceptors (Lipinski definition) is 8.